The first kappa shape index (κ1) is 29.0. The number of para-hydroxylation sites is 1. The van der Waals surface area contributed by atoms with Crippen LogP contribution in [0.15, 0.2) is 36.4 Å². The minimum Gasteiger partial charge on any atom is -0.491 e. The molecule has 0 unspecified atom stereocenters. The summed E-state index contributed by atoms with van der Waals surface area (Å²) in [4.78, 5) is 50.5. The zero-order valence-corrected chi connectivity index (χ0v) is 22.6. The number of anilines is 1. The van der Waals surface area contributed by atoms with E-state index in [-0.39, 0.29) is 43.0 Å². The Morgan fingerprint density at radius 2 is 1.80 bits per heavy atom. The molecule has 0 aromatic heterocycles. The Morgan fingerprint density at radius 1 is 1.02 bits per heavy atom. The summed E-state index contributed by atoms with van der Waals surface area (Å²) in [6, 6.07) is 9.18. The molecule has 0 spiro atoms. The van der Waals surface area contributed by atoms with Crippen molar-refractivity contribution in [1.29, 1.82) is 0 Å². The standard InChI is InChI=1S/C30H37FN4O5/c31-24-14-13-23(16-20(24)6-2-1-3-10-26(32)36)40-18-22(12-15-27(33)37)34-30(39)25-17-21-9-4-7-19-8-5-11-28(38)35(25)29(19)21/h4,7,9,13-14,16,22,25H,1-3,5-6,8,10-12,15,17-18H2,(H2,32,36)(H2,33,37)(H,34,39)/t22-,25-/m0/s1. The fourth-order valence-corrected chi connectivity index (χ4v) is 5.47. The number of carbonyl (C=O) groups excluding carboxylic acids is 4. The molecule has 0 saturated carbocycles. The van der Waals surface area contributed by atoms with Gasteiger partial charge in [0.25, 0.3) is 0 Å². The molecule has 2 aliphatic rings. The van der Waals surface area contributed by atoms with Crippen LogP contribution in [-0.4, -0.2) is 42.3 Å². The van der Waals surface area contributed by atoms with Crippen LogP contribution in [0.25, 0.3) is 0 Å². The van der Waals surface area contributed by atoms with E-state index >= 15 is 0 Å². The average molecular weight is 553 g/mol. The number of hydrogen-bond acceptors (Lipinski definition) is 5. The quantitative estimate of drug-likeness (QED) is 0.309. The van der Waals surface area contributed by atoms with Crippen LogP contribution in [0.4, 0.5) is 10.1 Å². The highest BCUT2D eigenvalue weighted by molar-refractivity contribution is 6.04. The second-order valence-electron chi connectivity index (χ2n) is 10.6. The third-order valence-electron chi connectivity index (χ3n) is 7.50. The Kier molecular flexibility index (Phi) is 9.74. The summed E-state index contributed by atoms with van der Waals surface area (Å²) in [5, 5.41) is 2.97. The van der Waals surface area contributed by atoms with Crippen LogP contribution in [0.5, 0.6) is 5.75 Å². The summed E-state index contributed by atoms with van der Waals surface area (Å²) >= 11 is 0. The summed E-state index contributed by atoms with van der Waals surface area (Å²) in [5.41, 5.74) is 13.9. The minimum atomic E-state index is -0.676. The zero-order valence-electron chi connectivity index (χ0n) is 22.6. The van der Waals surface area contributed by atoms with E-state index < -0.39 is 18.0 Å². The maximum atomic E-state index is 14.4. The number of halogens is 1. The molecule has 40 heavy (non-hydrogen) atoms. The highest BCUT2D eigenvalue weighted by atomic mass is 19.1. The SMILES string of the molecule is NC(=O)CCCCCc1cc(OC[C@H](CCC(N)=O)NC(=O)[C@@H]2Cc3cccc4c3N2C(=O)CCC4)ccc1F. The zero-order chi connectivity index (χ0) is 28.6. The molecule has 2 aliphatic heterocycles. The molecule has 2 atom stereocenters. The van der Waals surface area contributed by atoms with Crippen LogP contribution in [0, 0.1) is 5.82 Å². The highest BCUT2D eigenvalue weighted by Gasteiger charge is 2.41. The third-order valence-corrected chi connectivity index (χ3v) is 7.50. The molecule has 9 nitrogen and oxygen atoms in total. The van der Waals surface area contributed by atoms with Gasteiger partial charge in [-0.05, 0) is 73.4 Å². The van der Waals surface area contributed by atoms with E-state index in [1.165, 1.54) is 12.1 Å². The first-order valence-corrected chi connectivity index (χ1v) is 13.9. The van der Waals surface area contributed by atoms with Gasteiger partial charge in [-0.25, -0.2) is 4.39 Å². The topological polar surface area (TPSA) is 145 Å². The molecule has 0 bridgehead atoms. The van der Waals surface area contributed by atoms with E-state index in [9.17, 15) is 23.6 Å². The fourth-order valence-electron chi connectivity index (χ4n) is 5.47. The molecule has 214 valence electrons. The smallest absolute Gasteiger partial charge is 0.243 e. The predicted octanol–water partition coefficient (Wildman–Crippen LogP) is 2.84. The first-order valence-electron chi connectivity index (χ1n) is 13.9. The van der Waals surface area contributed by atoms with Gasteiger partial charge in [0.2, 0.25) is 23.6 Å². The Labute approximate surface area is 233 Å². The molecule has 0 fully saturated rings. The van der Waals surface area contributed by atoms with Crippen LogP contribution >= 0.6 is 0 Å². The average Bonchev–Trinajstić information content (AvgIpc) is 3.23. The van der Waals surface area contributed by atoms with Gasteiger partial charge in [0.1, 0.15) is 24.2 Å². The lowest BCUT2D eigenvalue weighted by Gasteiger charge is -2.27. The lowest BCUT2D eigenvalue weighted by molar-refractivity contribution is -0.127. The molecule has 10 heteroatoms. The van der Waals surface area contributed by atoms with Crippen molar-refractivity contribution in [2.75, 3.05) is 11.5 Å². The highest BCUT2D eigenvalue weighted by Crippen LogP contribution is 2.39. The van der Waals surface area contributed by atoms with E-state index in [4.69, 9.17) is 16.2 Å². The third kappa shape index (κ3) is 7.37. The summed E-state index contributed by atoms with van der Waals surface area (Å²) in [5.74, 6) is -1.14. The number of nitrogens with one attached hydrogen (secondary N) is 1. The van der Waals surface area contributed by atoms with Gasteiger partial charge in [-0.15, -0.1) is 0 Å². The van der Waals surface area contributed by atoms with E-state index in [0.29, 0.717) is 49.8 Å². The maximum absolute atomic E-state index is 14.4. The van der Waals surface area contributed by atoms with Gasteiger partial charge in [0.15, 0.2) is 0 Å². The Balaban J connectivity index is 1.40. The number of primary amides is 2. The molecular formula is C30H37FN4O5. The number of benzene rings is 2. The summed E-state index contributed by atoms with van der Waals surface area (Å²) < 4.78 is 20.3. The van der Waals surface area contributed by atoms with E-state index in [1.54, 1.807) is 11.0 Å². The van der Waals surface area contributed by atoms with Gasteiger partial charge >= 0.3 is 0 Å². The van der Waals surface area contributed by atoms with Crippen molar-refractivity contribution in [3.05, 3.63) is 58.9 Å². The van der Waals surface area contributed by atoms with E-state index in [0.717, 1.165) is 36.1 Å². The Morgan fingerprint density at radius 3 is 2.58 bits per heavy atom. The van der Waals surface area contributed by atoms with E-state index in [2.05, 4.69) is 5.32 Å². The van der Waals surface area contributed by atoms with Gasteiger partial charge in [-0.1, -0.05) is 24.6 Å². The van der Waals surface area contributed by atoms with Crippen molar-refractivity contribution in [2.24, 2.45) is 11.5 Å². The lowest BCUT2D eigenvalue weighted by Crippen LogP contribution is -2.51. The molecule has 0 aliphatic carbocycles. The number of carbonyl (C=O) groups is 4. The van der Waals surface area contributed by atoms with Crippen LogP contribution < -0.4 is 26.4 Å². The summed E-state index contributed by atoms with van der Waals surface area (Å²) in [6.45, 7) is 0.0432. The number of nitrogens with zero attached hydrogens (tertiary/aromatic N) is 1. The number of amides is 4. The lowest BCUT2D eigenvalue weighted by atomic mass is 10.0. The van der Waals surface area contributed by atoms with Crippen molar-refractivity contribution >= 4 is 29.3 Å². The van der Waals surface area contributed by atoms with Gasteiger partial charge in [0, 0.05) is 25.7 Å². The number of hydrogen-bond donors (Lipinski definition) is 3. The van der Waals surface area contributed by atoms with Crippen LogP contribution in [-0.2, 0) is 38.4 Å². The van der Waals surface area contributed by atoms with Crippen LogP contribution in [0.2, 0.25) is 0 Å². The van der Waals surface area contributed by atoms with Crippen LogP contribution in [0.1, 0.15) is 68.1 Å². The number of ether oxygens (including phenoxy) is 1. The number of unbranched alkanes of at least 4 members (excludes halogenated alkanes) is 2. The minimum absolute atomic E-state index is 0.0432. The largest absolute Gasteiger partial charge is 0.491 e. The maximum Gasteiger partial charge on any atom is 0.243 e. The fraction of sp³-hybridized carbons (Fsp3) is 0.467. The van der Waals surface area contributed by atoms with Crippen LogP contribution in [0.3, 0.4) is 0 Å². The van der Waals surface area contributed by atoms with Crippen molar-refractivity contribution in [1.82, 2.24) is 5.32 Å². The molecule has 2 aromatic carbocycles. The second kappa shape index (κ2) is 13.4. The Hall–Kier alpha value is -3.95. The molecular weight excluding hydrogens is 515 g/mol. The Bertz CT molecular complexity index is 1270. The van der Waals surface area contributed by atoms with Gasteiger partial charge in [-0.3, -0.25) is 24.1 Å². The van der Waals surface area contributed by atoms with Crippen molar-refractivity contribution in [3.63, 3.8) is 0 Å². The van der Waals surface area contributed by atoms with Gasteiger partial charge < -0.3 is 21.5 Å². The molecule has 0 saturated heterocycles. The number of aryl methyl sites for hydroxylation is 2. The summed E-state index contributed by atoms with van der Waals surface area (Å²) in [7, 11) is 0. The molecule has 0 radical (unpaired) electrons. The molecule has 2 aromatic rings. The second-order valence-corrected chi connectivity index (χ2v) is 10.6. The summed E-state index contributed by atoms with van der Waals surface area (Å²) in [6.07, 6.45) is 5.54. The molecule has 4 rings (SSSR count). The van der Waals surface area contributed by atoms with Crippen molar-refractivity contribution in [2.45, 2.75) is 82.7 Å². The molecule has 4 amide bonds. The normalized spacial score (nSPS) is 16.7. The molecule has 2 heterocycles. The van der Waals surface area contributed by atoms with Gasteiger partial charge in [0.05, 0.1) is 11.7 Å². The number of nitrogens with two attached hydrogens (primary N) is 2. The molecule has 5 N–H and O–H groups in total. The number of rotatable bonds is 14. The monoisotopic (exact) mass is 552 g/mol. The van der Waals surface area contributed by atoms with E-state index in [1.807, 2.05) is 18.2 Å². The predicted molar refractivity (Wildman–Crippen MR) is 148 cm³/mol. The van der Waals surface area contributed by atoms with Gasteiger partial charge in [-0.2, -0.15) is 0 Å². The van der Waals surface area contributed by atoms with Crippen molar-refractivity contribution < 1.29 is 28.3 Å². The van der Waals surface area contributed by atoms with Crippen molar-refractivity contribution in [3.8, 4) is 5.75 Å². The first-order chi connectivity index (χ1) is 19.2.